The van der Waals surface area contributed by atoms with E-state index in [4.69, 9.17) is 21.2 Å². The molecule has 32 heavy (non-hydrogen) atoms. The lowest BCUT2D eigenvalue weighted by atomic mass is 9.90. The van der Waals surface area contributed by atoms with Gasteiger partial charge in [-0.1, -0.05) is 41.9 Å². The van der Waals surface area contributed by atoms with Crippen LogP contribution in [-0.4, -0.2) is 25.0 Å². The number of carbonyl (C=O) groups is 2. The number of imide groups is 1. The van der Waals surface area contributed by atoms with Crippen LogP contribution < -0.4 is 14.7 Å². The number of nitrogens with zero attached hydrogens (tertiary/aromatic N) is 2. The molecule has 2 aliphatic heterocycles. The lowest BCUT2D eigenvalue weighted by Gasteiger charge is -2.29. The van der Waals surface area contributed by atoms with E-state index in [1.807, 2.05) is 48.5 Å². The van der Waals surface area contributed by atoms with Gasteiger partial charge in [0.1, 0.15) is 11.7 Å². The summed E-state index contributed by atoms with van der Waals surface area (Å²) in [6, 6.07) is 21.2. The first kappa shape index (κ1) is 21.0. The number of methoxy groups -OCH3 is 1. The Hall–Kier alpha value is -2.87. The predicted molar refractivity (Wildman–Crippen MR) is 125 cm³/mol. The van der Waals surface area contributed by atoms with Crippen molar-refractivity contribution < 1.29 is 19.2 Å². The Morgan fingerprint density at radius 2 is 1.69 bits per heavy atom. The Balaban J connectivity index is 1.60. The van der Waals surface area contributed by atoms with Gasteiger partial charge in [-0.2, -0.15) is 0 Å². The Bertz CT molecular complexity index is 1210. The van der Waals surface area contributed by atoms with Crippen molar-refractivity contribution in [3.63, 3.8) is 0 Å². The van der Waals surface area contributed by atoms with Crippen molar-refractivity contribution in [1.82, 2.24) is 0 Å². The molecule has 162 valence electrons. The lowest BCUT2D eigenvalue weighted by molar-refractivity contribution is -0.126. The number of carbonyl (C=O) groups excluding carboxylic acids is 2. The molecule has 3 aromatic carbocycles. The van der Waals surface area contributed by atoms with Gasteiger partial charge in [0.25, 0.3) is 5.91 Å². The molecule has 0 saturated carbocycles. The van der Waals surface area contributed by atoms with Crippen LogP contribution in [-0.2, 0) is 14.4 Å². The first-order valence-electron chi connectivity index (χ1n) is 9.97. The highest BCUT2D eigenvalue weighted by Crippen LogP contribution is 2.48. The molecule has 0 N–H and O–H groups in total. The molecule has 2 heterocycles. The van der Waals surface area contributed by atoms with Gasteiger partial charge < -0.3 is 4.74 Å². The van der Waals surface area contributed by atoms with E-state index in [1.165, 1.54) is 4.90 Å². The number of ether oxygens (including phenoxy) is 1. The van der Waals surface area contributed by atoms with Gasteiger partial charge in [-0.15, -0.1) is 0 Å². The van der Waals surface area contributed by atoms with Crippen LogP contribution in [0, 0.1) is 5.92 Å². The van der Waals surface area contributed by atoms with Crippen molar-refractivity contribution in [3.05, 3.63) is 87.9 Å². The minimum Gasteiger partial charge on any atom is -0.496 e. The fourth-order valence-corrected chi connectivity index (χ4v) is 5.03. The summed E-state index contributed by atoms with van der Waals surface area (Å²) in [4.78, 5) is 34.2. The topological polar surface area (TPSA) is 59.1 Å². The standard InChI is InChI=1S/C24H18BrClN2O4/c1-31-19-11-10-14(12-18(19)25)21-20-22(32-28(21)16-7-3-2-4-8-16)24(30)27(23(20)29)17-9-5-6-15(26)13-17/h2-13,20-22H,1H3/t20-,21-,22+/m1/s1. The van der Waals surface area contributed by atoms with Gasteiger partial charge in [-0.25, -0.2) is 9.96 Å². The second-order valence-corrected chi connectivity index (χ2v) is 8.83. The molecular formula is C24H18BrClN2O4. The zero-order valence-electron chi connectivity index (χ0n) is 16.9. The van der Waals surface area contributed by atoms with Crippen molar-refractivity contribution in [1.29, 1.82) is 0 Å². The summed E-state index contributed by atoms with van der Waals surface area (Å²) >= 11 is 9.63. The third-order valence-corrected chi connectivity index (χ3v) is 6.56. The molecule has 5 rings (SSSR count). The van der Waals surface area contributed by atoms with Crippen molar-refractivity contribution in [2.24, 2.45) is 5.92 Å². The largest absolute Gasteiger partial charge is 0.496 e. The summed E-state index contributed by atoms with van der Waals surface area (Å²) in [6.07, 6.45) is -0.937. The number of para-hydroxylation sites is 1. The van der Waals surface area contributed by atoms with Crippen molar-refractivity contribution in [2.75, 3.05) is 17.1 Å². The van der Waals surface area contributed by atoms with Crippen LogP contribution in [0.3, 0.4) is 0 Å². The summed E-state index contributed by atoms with van der Waals surface area (Å²) in [5.74, 6) is -0.775. The van der Waals surface area contributed by atoms with Gasteiger partial charge in [-0.3, -0.25) is 14.4 Å². The number of halogens is 2. The number of fused-ring (bicyclic) bond motifs is 1. The number of hydroxylamine groups is 1. The highest BCUT2D eigenvalue weighted by atomic mass is 79.9. The summed E-state index contributed by atoms with van der Waals surface area (Å²) < 4.78 is 6.10. The van der Waals surface area contributed by atoms with Crippen LogP contribution in [0.4, 0.5) is 11.4 Å². The molecule has 0 spiro atoms. The Kier molecular flexibility index (Phi) is 5.41. The summed E-state index contributed by atoms with van der Waals surface area (Å²) in [6.45, 7) is 0. The SMILES string of the molecule is COc1ccc([C@@H]2[C@H]3C(=O)N(c4cccc(Cl)c4)C(=O)[C@H]3ON2c2ccccc2)cc1Br. The smallest absolute Gasteiger partial charge is 0.266 e. The second-order valence-electron chi connectivity index (χ2n) is 7.54. The van der Waals surface area contributed by atoms with Crippen LogP contribution >= 0.6 is 27.5 Å². The highest BCUT2D eigenvalue weighted by molar-refractivity contribution is 9.10. The van der Waals surface area contributed by atoms with Gasteiger partial charge in [0.15, 0.2) is 6.10 Å². The predicted octanol–water partition coefficient (Wildman–Crippen LogP) is 5.16. The molecule has 8 heteroatoms. The van der Waals surface area contributed by atoms with Crippen LogP contribution in [0.15, 0.2) is 77.3 Å². The molecule has 2 aliphatic rings. The fraction of sp³-hybridized carbons (Fsp3) is 0.167. The van der Waals surface area contributed by atoms with Gasteiger partial charge >= 0.3 is 0 Å². The minimum absolute atomic E-state index is 0.322. The van der Waals surface area contributed by atoms with E-state index in [9.17, 15) is 9.59 Å². The molecule has 3 atom stereocenters. The molecule has 0 aliphatic carbocycles. The van der Waals surface area contributed by atoms with E-state index < -0.39 is 24.0 Å². The fourth-order valence-electron chi connectivity index (χ4n) is 4.29. The average molecular weight is 514 g/mol. The molecule has 6 nitrogen and oxygen atoms in total. The summed E-state index contributed by atoms with van der Waals surface area (Å²) in [5.41, 5.74) is 2.02. The van der Waals surface area contributed by atoms with Crippen LogP contribution in [0.1, 0.15) is 11.6 Å². The van der Waals surface area contributed by atoms with E-state index in [-0.39, 0.29) is 5.91 Å². The first-order chi connectivity index (χ1) is 15.5. The van der Waals surface area contributed by atoms with E-state index >= 15 is 0 Å². The molecule has 2 saturated heterocycles. The number of rotatable bonds is 4. The molecular weight excluding hydrogens is 496 g/mol. The summed E-state index contributed by atoms with van der Waals surface area (Å²) in [7, 11) is 1.59. The number of anilines is 2. The van der Waals surface area contributed by atoms with E-state index in [2.05, 4.69) is 15.9 Å². The van der Waals surface area contributed by atoms with Gasteiger partial charge in [0.05, 0.1) is 29.0 Å². The molecule has 0 unspecified atom stereocenters. The van der Waals surface area contributed by atoms with Crippen molar-refractivity contribution in [2.45, 2.75) is 12.1 Å². The number of hydrogen-bond donors (Lipinski definition) is 0. The van der Waals surface area contributed by atoms with Crippen LogP contribution in [0.25, 0.3) is 0 Å². The number of benzene rings is 3. The average Bonchev–Trinajstić information content (AvgIpc) is 3.30. The monoisotopic (exact) mass is 512 g/mol. The Labute approximate surface area is 198 Å². The minimum atomic E-state index is -0.937. The van der Waals surface area contributed by atoms with E-state index in [1.54, 1.807) is 36.4 Å². The molecule has 0 radical (unpaired) electrons. The maximum Gasteiger partial charge on any atom is 0.266 e. The van der Waals surface area contributed by atoms with Gasteiger partial charge in [0, 0.05) is 5.02 Å². The number of amides is 2. The summed E-state index contributed by atoms with van der Waals surface area (Å²) in [5, 5.41) is 2.11. The quantitative estimate of drug-likeness (QED) is 0.451. The molecule has 2 fully saturated rings. The van der Waals surface area contributed by atoms with Crippen LogP contribution in [0.5, 0.6) is 5.75 Å². The zero-order chi connectivity index (χ0) is 22.4. The van der Waals surface area contributed by atoms with Crippen LogP contribution in [0.2, 0.25) is 5.02 Å². The van der Waals surface area contributed by atoms with Crippen molar-refractivity contribution in [3.8, 4) is 5.75 Å². The maximum absolute atomic E-state index is 13.6. The maximum atomic E-state index is 13.6. The zero-order valence-corrected chi connectivity index (χ0v) is 19.3. The molecule has 2 amide bonds. The second kappa shape index (κ2) is 8.24. The first-order valence-corrected chi connectivity index (χ1v) is 11.1. The normalized spacial score (nSPS) is 22.4. The Morgan fingerprint density at radius 3 is 2.38 bits per heavy atom. The third-order valence-electron chi connectivity index (χ3n) is 5.71. The molecule has 3 aromatic rings. The third kappa shape index (κ3) is 3.37. The lowest BCUT2D eigenvalue weighted by Crippen LogP contribution is -2.37. The molecule has 0 bridgehead atoms. The van der Waals surface area contributed by atoms with E-state index in [0.29, 0.717) is 16.5 Å². The van der Waals surface area contributed by atoms with Crippen molar-refractivity contribution >= 4 is 50.7 Å². The van der Waals surface area contributed by atoms with Gasteiger partial charge in [0.2, 0.25) is 5.91 Å². The van der Waals surface area contributed by atoms with Gasteiger partial charge in [-0.05, 0) is 64.0 Å². The Morgan fingerprint density at radius 1 is 0.938 bits per heavy atom. The molecule has 0 aromatic heterocycles. The highest BCUT2D eigenvalue weighted by Gasteiger charge is 2.60. The van der Waals surface area contributed by atoms with E-state index in [0.717, 1.165) is 15.7 Å². The number of hydrogen-bond acceptors (Lipinski definition) is 5.